The first-order valence-electron chi connectivity index (χ1n) is 9.56. The van der Waals surface area contributed by atoms with Gasteiger partial charge in [0, 0.05) is 41.6 Å². The number of aryl methyl sites for hydroxylation is 2. The van der Waals surface area contributed by atoms with Gasteiger partial charge in [-0.25, -0.2) is 0 Å². The second kappa shape index (κ2) is 7.47. The normalized spacial score (nSPS) is 18.6. The van der Waals surface area contributed by atoms with Gasteiger partial charge in [-0.15, -0.1) is 0 Å². The summed E-state index contributed by atoms with van der Waals surface area (Å²) in [5.41, 5.74) is 6.25. The fourth-order valence-corrected chi connectivity index (χ4v) is 4.45. The van der Waals surface area contributed by atoms with E-state index < -0.39 is 0 Å². The van der Waals surface area contributed by atoms with Crippen LogP contribution in [0.4, 0.5) is 5.69 Å². The molecule has 1 aromatic carbocycles. The zero-order valence-corrected chi connectivity index (χ0v) is 17.1. The first kappa shape index (κ1) is 19.6. The predicted molar refractivity (Wildman–Crippen MR) is 104 cm³/mol. The first-order valence-corrected chi connectivity index (χ1v) is 9.56. The van der Waals surface area contributed by atoms with Gasteiger partial charge < -0.3 is 17.3 Å². The molecular weight excluding hydrogens is 356 g/mol. The van der Waals surface area contributed by atoms with Crippen LogP contribution in [0.2, 0.25) is 0 Å². The SMILES string of the molecule is CN1C(=CC(=O)C[n+]2ccc3c(c2)CCCC3)C(C)(C)c2ccccc21.[Cl-]. The smallest absolute Gasteiger partial charge is 0.222 e. The van der Waals surface area contributed by atoms with E-state index in [4.69, 9.17) is 0 Å². The second-order valence-corrected chi connectivity index (χ2v) is 8.07. The summed E-state index contributed by atoms with van der Waals surface area (Å²) in [5.74, 6) is 0.147. The monoisotopic (exact) mass is 382 g/mol. The van der Waals surface area contributed by atoms with Crippen molar-refractivity contribution in [1.82, 2.24) is 0 Å². The number of anilines is 1. The van der Waals surface area contributed by atoms with Gasteiger partial charge in [-0.1, -0.05) is 32.0 Å². The largest absolute Gasteiger partial charge is 1.00 e. The lowest BCUT2D eigenvalue weighted by atomic mass is 9.83. The molecule has 0 bridgehead atoms. The number of hydrogen-bond acceptors (Lipinski definition) is 2. The lowest BCUT2D eigenvalue weighted by Crippen LogP contribution is -3.00. The summed E-state index contributed by atoms with van der Waals surface area (Å²) < 4.78 is 2.04. The van der Waals surface area contributed by atoms with Crippen LogP contribution >= 0.6 is 0 Å². The number of rotatable bonds is 3. The Morgan fingerprint density at radius 2 is 1.85 bits per heavy atom. The molecule has 0 radical (unpaired) electrons. The molecule has 27 heavy (non-hydrogen) atoms. The third-order valence-electron chi connectivity index (χ3n) is 5.92. The number of pyridine rings is 1. The zero-order chi connectivity index (χ0) is 18.3. The zero-order valence-electron chi connectivity index (χ0n) is 16.3. The quantitative estimate of drug-likeness (QED) is 0.577. The van der Waals surface area contributed by atoms with Crippen molar-refractivity contribution in [3.63, 3.8) is 0 Å². The van der Waals surface area contributed by atoms with Crippen molar-refractivity contribution in [2.24, 2.45) is 0 Å². The summed E-state index contributed by atoms with van der Waals surface area (Å²) in [4.78, 5) is 15.0. The van der Waals surface area contributed by atoms with Gasteiger partial charge in [-0.2, -0.15) is 4.57 Å². The van der Waals surface area contributed by atoms with Gasteiger partial charge in [0.15, 0.2) is 12.4 Å². The van der Waals surface area contributed by atoms with Crippen LogP contribution in [0.25, 0.3) is 0 Å². The minimum atomic E-state index is -0.151. The topological polar surface area (TPSA) is 24.2 Å². The van der Waals surface area contributed by atoms with E-state index in [0.717, 1.165) is 12.1 Å². The summed E-state index contributed by atoms with van der Waals surface area (Å²) in [7, 11) is 2.05. The number of aromatic nitrogens is 1. The third kappa shape index (κ3) is 3.53. The number of halogens is 1. The maximum absolute atomic E-state index is 12.8. The summed E-state index contributed by atoms with van der Waals surface area (Å²) in [6, 6.07) is 10.6. The molecule has 1 aromatic heterocycles. The maximum Gasteiger partial charge on any atom is 0.222 e. The number of carbonyl (C=O) groups excluding carboxylic acids is 1. The molecule has 1 aliphatic carbocycles. The molecule has 0 amide bonds. The van der Waals surface area contributed by atoms with Crippen LogP contribution in [-0.2, 0) is 29.6 Å². The Morgan fingerprint density at radius 3 is 2.59 bits per heavy atom. The summed E-state index contributed by atoms with van der Waals surface area (Å²) in [6.45, 7) is 4.79. The molecule has 0 fully saturated rings. The molecule has 0 unspecified atom stereocenters. The van der Waals surface area contributed by atoms with Gasteiger partial charge >= 0.3 is 0 Å². The Bertz CT molecular complexity index is 901. The van der Waals surface area contributed by atoms with E-state index in [1.54, 1.807) is 0 Å². The minimum absolute atomic E-state index is 0. The van der Waals surface area contributed by atoms with Gasteiger partial charge in [-0.05, 0) is 42.9 Å². The van der Waals surface area contributed by atoms with Crippen molar-refractivity contribution in [3.8, 4) is 0 Å². The van der Waals surface area contributed by atoms with Crippen molar-refractivity contribution >= 4 is 11.5 Å². The summed E-state index contributed by atoms with van der Waals surface area (Å²) in [5, 5.41) is 0. The Balaban J connectivity index is 0.00000210. The first-order chi connectivity index (χ1) is 12.5. The Labute approximate surface area is 168 Å². The molecule has 4 rings (SSSR count). The molecule has 4 heteroatoms. The van der Waals surface area contributed by atoms with Crippen LogP contribution in [0.1, 0.15) is 43.4 Å². The molecule has 0 saturated carbocycles. The number of ketones is 1. The van der Waals surface area contributed by atoms with Crippen LogP contribution in [0.15, 0.2) is 54.5 Å². The highest BCUT2D eigenvalue weighted by molar-refractivity contribution is 5.91. The maximum atomic E-state index is 12.8. The van der Waals surface area contributed by atoms with E-state index in [1.807, 2.05) is 10.6 Å². The highest BCUT2D eigenvalue weighted by Gasteiger charge is 2.38. The second-order valence-electron chi connectivity index (χ2n) is 8.07. The minimum Gasteiger partial charge on any atom is -1.00 e. The van der Waals surface area contributed by atoms with Crippen LogP contribution in [-0.4, -0.2) is 12.8 Å². The number of para-hydroxylation sites is 1. The van der Waals surface area contributed by atoms with E-state index in [2.05, 4.69) is 68.5 Å². The van der Waals surface area contributed by atoms with Gasteiger partial charge in [0.25, 0.3) is 0 Å². The van der Waals surface area contributed by atoms with Crippen LogP contribution < -0.4 is 21.9 Å². The number of likely N-dealkylation sites (N-methyl/N-ethyl adjacent to an activating group) is 1. The third-order valence-corrected chi connectivity index (χ3v) is 5.92. The fraction of sp³-hybridized carbons (Fsp3) is 0.391. The predicted octanol–water partition coefficient (Wildman–Crippen LogP) is 0.738. The molecule has 1 aliphatic heterocycles. The van der Waals surface area contributed by atoms with Crippen molar-refractivity contribution in [2.75, 3.05) is 11.9 Å². The number of nitrogens with zero attached hydrogens (tertiary/aromatic N) is 2. The number of carbonyl (C=O) groups is 1. The number of benzene rings is 1. The van der Waals surface area contributed by atoms with Crippen LogP contribution in [0.5, 0.6) is 0 Å². The Hall–Kier alpha value is -2.13. The van der Waals surface area contributed by atoms with Crippen molar-refractivity contribution in [2.45, 2.75) is 51.5 Å². The molecule has 3 nitrogen and oxygen atoms in total. The number of hydrogen-bond donors (Lipinski definition) is 0. The van der Waals surface area contributed by atoms with E-state index in [-0.39, 0.29) is 23.6 Å². The summed E-state index contributed by atoms with van der Waals surface area (Å²) in [6.07, 6.45) is 10.9. The van der Waals surface area contributed by atoms with E-state index >= 15 is 0 Å². The molecule has 0 N–H and O–H groups in total. The molecule has 0 atom stereocenters. The highest BCUT2D eigenvalue weighted by Crippen LogP contribution is 2.46. The van der Waals surface area contributed by atoms with Gasteiger partial charge in [0.1, 0.15) is 0 Å². The molecule has 0 spiro atoms. The van der Waals surface area contributed by atoms with Crippen molar-refractivity contribution in [1.29, 1.82) is 0 Å². The average Bonchev–Trinajstić information content (AvgIpc) is 2.83. The van der Waals surface area contributed by atoms with Crippen molar-refractivity contribution < 1.29 is 21.8 Å². The standard InChI is InChI=1S/C23H27N2O.ClH/c1-23(2)20-10-6-7-11-21(20)24(3)22(23)14-19(26)16-25-13-12-17-8-4-5-9-18(17)15-25;/h6-7,10-15H,4-5,8-9,16H2,1-3H3;1H/q+1;/p-1. The van der Waals surface area contributed by atoms with Crippen LogP contribution in [0, 0.1) is 0 Å². The lowest BCUT2D eigenvalue weighted by Gasteiger charge is -2.23. The molecule has 2 aromatic rings. The fourth-order valence-electron chi connectivity index (χ4n) is 4.45. The van der Waals surface area contributed by atoms with E-state index in [0.29, 0.717) is 6.54 Å². The Kier molecular flexibility index (Phi) is 5.43. The number of fused-ring (bicyclic) bond motifs is 2. The van der Waals surface area contributed by atoms with Gasteiger partial charge in [-0.3, -0.25) is 4.79 Å². The van der Waals surface area contributed by atoms with Crippen LogP contribution in [0.3, 0.4) is 0 Å². The highest BCUT2D eigenvalue weighted by atomic mass is 35.5. The Morgan fingerprint density at radius 1 is 1.15 bits per heavy atom. The van der Waals surface area contributed by atoms with Gasteiger partial charge in [0.2, 0.25) is 12.3 Å². The number of allylic oxidation sites excluding steroid dienone is 2. The van der Waals surface area contributed by atoms with Crippen molar-refractivity contribution in [3.05, 3.63) is 71.2 Å². The summed E-state index contributed by atoms with van der Waals surface area (Å²) >= 11 is 0. The average molecular weight is 383 g/mol. The molecule has 2 aliphatic rings. The molecular formula is C23H27ClN2O. The molecule has 2 heterocycles. The molecule has 0 saturated heterocycles. The lowest BCUT2D eigenvalue weighted by molar-refractivity contribution is -0.684. The molecule has 142 valence electrons. The van der Waals surface area contributed by atoms with Gasteiger partial charge in [0.05, 0.1) is 0 Å². The van der Waals surface area contributed by atoms with E-state index in [9.17, 15) is 4.79 Å². The van der Waals surface area contributed by atoms with E-state index in [1.165, 1.54) is 41.6 Å².